The average molecular weight is 259 g/mol. The average Bonchev–Trinajstić information content (AvgIpc) is 1.99. The molecule has 0 bridgehead atoms. The van der Waals surface area contributed by atoms with Crippen LogP contribution < -0.4 is 18.9 Å². The maximum absolute atomic E-state index is 4.82. The Morgan fingerprint density at radius 2 is 1.12 bits per heavy atom. The molecule has 0 aromatic heterocycles. The topological polar surface area (TPSA) is 14.1 Å². The second-order valence-electron chi connectivity index (χ2n) is 6.11. The third kappa shape index (κ3) is 16.2. The molecule has 1 nitrogen and oxygen atoms in total. The first-order valence-electron chi connectivity index (χ1n) is 5.86. The van der Waals surface area contributed by atoms with Gasteiger partial charge in [-0.1, -0.05) is 91.6 Å². The fourth-order valence-corrected chi connectivity index (χ4v) is 9.59. The predicted molar refractivity (Wildman–Crippen MR) is 81.2 cm³/mol. The van der Waals surface area contributed by atoms with Gasteiger partial charge in [0.05, 0.1) is 0 Å². The van der Waals surface area contributed by atoms with Crippen LogP contribution in [0.25, 0.3) is 4.65 Å². The molecule has 0 atom stereocenters. The van der Waals surface area contributed by atoms with Gasteiger partial charge in [0.25, 0.3) is 0 Å². The Balaban J connectivity index is 0. The van der Waals surface area contributed by atoms with Crippen LogP contribution >= 0.6 is 0 Å². The van der Waals surface area contributed by atoms with Crippen molar-refractivity contribution in [1.29, 1.82) is 0 Å². The van der Waals surface area contributed by atoms with E-state index in [0.29, 0.717) is 0 Å². The summed E-state index contributed by atoms with van der Waals surface area (Å²) < 4.78 is 4.82. The van der Waals surface area contributed by atoms with E-state index < -0.39 is 16.5 Å². The van der Waals surface area contributed by atoms with Gasteiger partial charge in [-0.2, -0.15) is 0 Å². The molecular formula is C13H26LiNSi2. The van der Waals surface area contributed by atoms with Gasteiger partial charge in [-0.05, 0) is 6.92 Å². The Kier molecular flexibility index (Phi) is 9.59. The first-order valence-corrected chi connectivity index (χ1v) is 12.8. The SMILES string of the molecule is C[Si](C)(C)[N-][Si](C)(C)C.Cc1ccccc1.[Li+]. The van der Waals surface area contributed by atoms with Gasteiger partial charge < -0.3 is 4.65 Å². The maximum Gasteiger partial charge on any atom is 1.00 e. The number of hydrogen-bond acceptors (Lipinski definition) is 0. The standard InChI is InChI=1S/C7H8.C6H18NSi2.Li/c1-7-5-3-2-4-6-7;1-8(2,3)7-9(4,5)6;/h2-6H,1H3;1-6H3;/q;-1;+1. The molecule has 92 valence electrons. The molecule has 0 saturated carbocycles. The summed E-state index contributed by atoms with van der Waals surface area (Å²) >= 11 is 0. The van der Waals surface area contributed by atoms with Crippen LogP contribution in [0.3, 0.4) is 0 Å². The van der Waals surface area contributed by atoms with E-state index in [0.717, 1.165) is 0 Å². The summed E-state index contributed by atoms with van der Waals surface area (Å²) in [5.74, 6) is 0. The molecular weight excluding hydrogens is 233 g/mol. The molecule has 0 N–H and O–H groups in total. The van der Waals surface area contributed by atoms with Gasteiger partial charge in [-0.15, -0.1) is 0 Å². The summed E-state index contributed by atoms with van der Waals surface area (Å²) in [4.78, 5) is 0. The van der Waals surface area contributed by atoms with Crippen molar-refractivity contribution in [3.8, 4) is 0 Å². The number of rotatable bonds is 2. The third-order valence-corrected chi connectivity index (χ3v) is 6.98. The molecule has 0 unspecified atom stereocenters. The van der Waals surface area contributed by atoms with Crippen LogP contribution in [0.2, 0.25) is 39.3 Å². The van der Waals surface area contributed by atoms with Crippen LogP contribution in [-0.2, 0) is 0 Å². The summed E-state index contributed by atoms with van der Waals surface area (Å²) in [6, 6.07) is 10.3. The second kappa shape index (κ2) is 8.34. The fraction of sp³-hybridized carbons (Fsp3) is 0.538. The van der Waals surface area contributed by atoms with Crippen molar-refractivity contribution in [2.75, 3.05) is 0 Å². The van der Waals surface area contributed by atoms with Gasteiger partial charge in [0, 0.05) is 0 Å². The van der Waals surface area contributed by atoms with E-state index in [-0.39, 0.29) is 18.9 Å². The Labute approximate surface area is 122 Å². The smallest absolute Gasteiger partial charge is 0.668 e. The van der Waals surface area contributed by atoms with Crippen LogP contribution in [-0.4, -0.2) is 16.5 Å². The number of benzene rings is 1. The molecule has 1 aromatic carbocycles. The summed E-state index contributed by atoms with van der Waals surface area (Å²) in [5.41, 5.74) is 1.32. The molecule has 0 aliphatic carbocycles. The zero-order chi connectivity index (χ0) is 12.8. The van der Waals surface area contributed by atoms with Gasteiger partial charge in [-0.3, -0.25) is 0 Å². The zero-order valence-corrected chi connectivity index (χ0v) is 14.8. The third-order valence-electron chi connectivity index (χ3n) is 1.61. The van der Waals surface area contributed by atoms with Crippen LogP contribution in [0.4, 0.5) is 0 Å². The van der Waals surface area contributed by atoms with Crippen LogP contribution in [0.5, 0.6) is 0 Å². The largest absolute Gasteiger partial charge is 1.00 e. The van der Waals surface area contributed by atoms with Crippen molar-refractivity contribution in [3.05, 3.63) is 40.5 Å². The van der Waals surface area contributed by atoms with Crippen LogP contribution in [0.15, 0.2) is 30.3 Å². The summed E-state index contributed by atoms with van der Waals surface area (Å²) in [7, 11) is -2.21. The molecule has 0 fully saturated rings. The first-order chi connectivity index (χ1) is 7.10. The van der Waals surface area contributed by atoms with Crippen molar-refractivity contribution in [2.45, 2.75) is 46.2 Å². The Morgan fingerprint density at radius 3 is 1.24 bits per heavy atom. The molecule has 17 heavy (non-hydrogen) atoms. The first kappa shape index (κ1) is 19.5. The Bertz CT molecular complexity index is 277. The molecule has 0 amide bonds. The normalized spacial score (nSPS) is 11.0. The van der Waals surface area contributed by atoms with E-state index in [9.17, 15) is 0 Å². The van der Waals surface area contributed by atoms with Crippen molar-refractivity contribution >= 4 is 16.5 Å². The summed E-state index contributed by atoms with van der Waals surface area (Å²) in [6.07, 6.45) is 0. The number of aryl methyl sites for hydroxylation is 1. The van der Waals surface area contributed by atoms with E-state index in [2.05, 4.69) is 58.3 Å². The van der Waals surface area contributed by atoms with Gasteiger partial charge in [0.2, 0.25) is 0 Å². The molecule has 1 aromatic rings. The van der Waals surface area contributed by atoms with Gasteiger partial charge in [-0.25, -0.2) is 0 Å². The van der Waals surface area contributed by atoms with E-state index >= 15 is 0 Å². The molecule has 0 radical (unpaired) electrons. The summed E-state index contributed by atoms with van der Waals surface area (Å²) in [5, 5.41) is 0. The van der Waals surface area contributed by atoms with Gasteiger partial charge in [0.15, 0.2) is 0 Å². The number of hydrogen-bond donors (Lipinski definition) is 0. The monoisotopic (exact) mass is 259 g/mol. The van der Waals surface area contributed by atoms with Crippen molar-refractivity contribution < 1.29 is 18.9 Å². The Hall–Kier alpha value is 0.211. The van der Waals surface area contributed by atoms with Gasteiger partial charge >= 0.3 is 18.9 Å². The molecule has 0 aliphatic rings. The minimum atomic E-state index is -1.11. The molecule has 0 aliphatic heterocycles. The number of nitrogens with zero attached hydrogens (tertiary/aromatic N) is 1. The van der Waals surface area contributed by atoms with Crippen LogP contribution in [0, 0.1) is 6.92 Å². The second-order valence-corrected chi connectivity index (χ2v) is 15.7. The molecule has 1 rings (SSSR count). The van der Waals surface area contributed by atoms with E-state index in [1.807, 2.05) is 18.2 Å². The fourth-order valence-electron chi connectivity index (χ4n) is 1.54. The Morgan fingerprint density at radius 1 is 0.765 bits per heavy atom. The van der Waals surface area contributed by atoms with Crippen LogP contribution in [0.1, 0.15) is 5.56 Å². The molecule has 0 spiro atoms. The summed E-state index contributed by atoms with van der Waals surface area (Å²) in [6.45, 7) is 15.9. The van der Waals surface area contributed by atoms with E-state index in [1.165, 1.54) is 5.56 Å². The molecule has 0 saturated heterocycles. The molecule has 0 heterocycles. The van der Waals surface area contributed by atoms with E-state index in [1.54, 1.807) is 0 Å². The molecule has 4 heteroatoms. The van der Waals surface area contributed by atoms with E-state index in [4.69, 9.17) is 4.65 Å². The maximum atomic E-state index is 4.82. The predicted octanol–water partition coefficient (Wildman–Crippen LogP) is 2.03. The van der Waals surface area contributed by atoms with Crippen molar-refractivity contribution in [1.82, 2.24) is 0 Å². The zero-order valence-electron chi connectivity index (χ0n) is 12.8. The minimum absolute atomic E-state index is 0. The quantitative estimate of drug-likeness (QED) is 0.722. The van der Waals surface area contributed by atoms with Crippen molar-refractivity contribution in [3.63, 3.8) is 0 Å². The van der Waals surface area contributed by atoms with Crippen molar-refractivity contribution in [2.24, 2.45) is 0 Å². The minimum Gasteiger partial charge on any atom is -0.668 e. The van der Waals surface area contributed by atoms with Gasteiger partial charge in [0.1, 0.15) is 0 Å².